The third kappa shape index (κ3) is 4.02. The molecule has 1 aromatic rings. The van der Waals surface area contributed by atoms with Crippen LogP contribution in [0, 0.1) is 19.8 Å². The summed E-state index contributed by atoms with van der Waals surface area (Å²) in [6.45, 7) is 7.30. The minimum absolute atomic E-state index is 0.105. The van der Waals surface area contributed by atoms with Gasteiger partial charge in [0.2, 0.25) is 0 Å². The summed E-state index contributed by atoms with van der Waals surface area (Å²) in [5.41, 5.74) is 3.26. The Labute approximate surface area is 146 Å². The van der Waals surface area contributed by atoms with E-state index < -0.39 is 0 Å². The number of rotatable bonds is 5. The number of amides is 1. The van der Waals surface area contributed by atoms with E-state index in [2.05, 4.69) is 35.1 Å². The number of piperidine rings is 1. The number of carbonyl (C=O) groups is 1. The summed E-state index contributed by atoms with van der Waals surface area (Å²) in [5.74, 6) is 0.822. The Morgan fingerprint density at radius 3 is 2.71 bits per heavy atom. The molecule has 2 N–H and O–H groups in total. The molecule has 1 saturated heterocycles. The van der Waals surface area contributed by atoms with Crippen LogP contribution in [0.25, 0.3) is 0 Å². The van der Waals surface area contributed by atoms with Gasteiger partial charge in [0, 0.05) is 24.0 Å². The highest BCUT2D eigenvalue weighted by molar-refractivity contribution is 5.95. The van der Waals surface area contributed by atoms with Gasteiger partial charge in [-0.2, -0.15) is 0 Å². The van der Waals surface area contributed by atoms with Gasteiger partial charge in [0.1, 0.15) is 0 Å². The Hall–Kier alpha value is -1.29. The highest BCUT2D eigenvalue weighted by atomic mass is 16.1. The Balaban J connectivity index is 1.58. The minimum atomic E-state index is 0.105. The van der Waals surface area contributed by atoms with Crippen LogP contribution < -0.4 is 10.6 Å². The second-order valence-electron chi connectivity index (χ2n) is 7.70. The zero-order chi connectivity index (χ0) is 16.9. The van der Waals surface area contributed by atoms with E-state index in [1.54, 1.807) is 0 Å². The molecule has 4 nitrogen and oxygen atoms in total. The molecule has 0 radical (unpaired) electrons. The molecule has 2 aliphatic rings. The van der Waals surface area contributed by atoms with Gasteiger partial charge >= 0.3 is 0 Å². The lowest BCUT2D eigenvalue weighted by Crippen LogP contribution is -2.33. The highest BCUT2D eigenvalue weighted by Gasteiger charge is 2.22. The molecule has 1 saturated carbocycles. The Morgan fingerprint density at radius 2 is 2.00 bits per heavy atom. The van der Waals surface area contributed by atoms with Crippen molar-refractivity contribution in [3.8, 4) is 0 Å². The standard InChI is InChI=1S/C20H33N3O/c1-15-13-19(16(2)23(15)18-8-4-3-5-9-18)20(24)22-12-10-17-7-6-11-21-14-17/h13,17-18,21H,3-12,14H2,1-2H3,(H,22,24). The lowest BCUT2D eigenvalue weighted by Gasteiger charge is -2.26. The summed E-state index contributed by atoms with van der Waals surface area (Å²) < 4.78 is 2.42. The van der Waals surface area contributed by atoms with Crippen molar-refractivity contribution < 1.29 is 4.79 Å². The fourth-order valence-electron chi connectivity index (χ4n) is 4.56. The summed E-state index contributed by atoms with van der Waals surface area (Å²) >= 11 is 0. The number of hydrogen-bond acceptors (Lipinski definition) is 2. The number of carbonyl (C=O) groups excluding carboxylic acids is 1. The smallest absolute Gasteiger partial charge is 0.253 e. The molecule has 0 spiro atoms. The van der Waals surface area contributed by atoms with Gasteiger partial charge in [-0.15, -0.1) is 0 Å². The van der Waals surface area contributed by atoms with Gasteiger partial charge in [0.15, 0.2) is 0 Å². The fraction of sp³-hybridized carbons (Fsp3) is 0.750. The van der Waals surface area contributed by atoms with Crippen molar-refractivity contribution >= 4 is 5.91 Å². The molecule has 4 heteroatoms. The highest BCUT2D eigenvalue weighted by Crippen LogP contribution is 2.32. The van der Waals surface area contributed by atoms with E-state index in [9.17, 15) is 4.79 Å². The number of aryl methyl sites for hydroxylation is 1. The maximum absolute atomic E-state index is 12.6. The second kappa shape index (κ2) is 8.19. The third-order valence-corrected chi connectivity index (χ3v) is 5.91. The zero-order valence-electron chi connectivity index (χ0n) is 15.4. The van der Waals surface area contributed by atoms with Crippen molar-refractivity contribution in [2.75, 3.05) is 19.6 Å². The topological polar surface area (TPSA) is 46.1 Å². The molecule has 1 atom stereocenters. The first-order valence-electron chi connectivity index (χ1n) is 9.84. The molecular weight excluding hydrogens is 298 g/mol. The van der Waals surface area contributed by atoms with Crippen LogP contribution in [-0.2, 0) is 0 Å². The fourth-order valence-corrected chi connectivity index (χ4v) is 4.56. The molecular formula is C20H33N3O. The molecule has 1 aliphatic carbocycles. The number of aromatic nitrogens is 1. The summed E-state index contributed by atoms with van der Waals surface area (Å²) in [6.07, 6.45) is 10.1. The van der Waals surface area contributed by atoms with Gasteiger partial charge in [-0.05, 0) is 71.0 Å². The average Bonchev–Trinajstić information content (AvgIpc) is 2.91. The molecule has 1 unspecified atom stereocenters. The first-order chi connectivity index (χ1) is 11.7. The van der Waals surface area contributed by atoms with Gasteiger partial charge in [-0.3, -0.25) is 4.79 Å². The Morgan fingerprint density at radius 1 is 1.21 bits per heavy atom. The van der Waals surface area contributed by atoms with Crippen molar-refractivity contribution in [2.24, 2.45) is 5.92 Å². The maximum atomic E-state index is 12.6. The predicted molar refractivity (Wildman–Crippen MR) is 98.6 cm³/mol. The van der Waals surface area contributed by atoms with Crippen LogP contribution in [0.2, 0.25) is 0 Å². The molecule has 1 aromatic heterocycles. The van der Waals surface area contributed by atoms with E-state index in [1.165, 1.54) is 50.6 Å². The largest absolute Gasteiger partial charge is 0.352 e. The van der Waals surface area contributed by atoms with Gasteiger partial charge in [0.05, 0.1) is 5.56 Å². The van der Waals surface area contributed by atoms with E-state index in [4.69, 9.17) is 0 Å². The van der Waals surface area contributed by atoms with Crippen LogP contribution in [-0.4, -0.2) is 30.1 Å². The summed E-state index contributed by atoms with van der Waals surface area (Å²) in [5, 5.41) is 6.60. The van der Waals surface area contributed by atoms with E-state index in [0.717, 1.165) is 37.3 Å². The molecule has 24 heavy (non-hydrogen) atoms. The van der Waals surface area contributed by atoms with Crippen LogP contribution in [0.1, 0.15) is 79.2 Å². The third-order valence-electron chi connectivity index (χ3n) is 5.91. The number of nitrogens with one attached hydrogen (secondary N) is 2. The lowest BCUT2D eigenvalue weighted by molar-refractivity contribution is 0.0949. The van der Waals surface area contributed by atoms with Crippen molar-refractivity contribution in [1.29, 1.82) is 0 Å². The van der Waals surface area contributed by atoms with Crippen molar-refractivity contribution in [2.45, 2.75) is 71.3 Å². The van der Waals surface area contributed by atoms with Crippen molar-refractivity contribution in [3.63, 3.8) is 0 Å². The van der Waals surface area contributed by atoms with Crippen LogP contribution >= 0.6 is 0 Å². The van der Waals surface area contributed by atoms with Gasteiger partial charge in [-0.25, -0.2) is 0 Å². The van der Waals surface area contributed by atoms with Crippen LogP contribution in [0.15, 0.2) is 6.07 Å². The predicted octanol–water partition coefficient (Wildman–Crippen LogP) is 3.73. The zero-order valence-corrected chi connectivity index (χ0v) is 15.4. The molecule has 1 amide bonds. The average molecular weight is 332 g/mol. The first kappa shape index (κ1) is 17.5. The maximum Gasteiger partial charge on any atom is 0.253 e. The molecule has 1 aliphatic heterocycles. The summed E-state index contributed by atoms with van der Waals surface area (Å²) in [4.78, 5) is 12.6. The van der Waals surface area contributed by atoms with Crippen LogP contribution in [0.5, 0.6) is 0 Å². The molecule has 0 bridgehead atoms. The molecule has 2 heterocycles. The van der Waals surface area contributed by atoms with Crippen LogP contribution in [0.3, 0.4) is 0 Å². The van der Waals surface area contributed by atoms with Gasteiger partial charge in [0.25, 0.3) is 5.91 Å². The van der Waals surface area contributed by atoms with E-state index in [1.807, 2.05) is 0 Å². The Bertz CT molecular complexity index is 551. The normalized spacial score (nSPS) is 22.5. The van der Waals surface area contributed by atoms with E-state index in [0.29, 0.717) is 12.0 Å². The van der Waals surface area contributed by atoms with Crippen molar-refractivity contribution in [3.05, 3.63) is 23.0 Å². The monoisotopic (exact) mass is 331 g/mol. The second-order valence-corrected chi connectivity index (χ2v) is 7.70. The lowest BCUT2D eigenvalue weighted by atomic mass is 9.95. The SMILES string of the molecule is Cc1cc(C(=O)NCCC2CCCNC2)c(C)n1C1CCCCC1. The summed E-state index contributed by atoms with van der Waals surface area (Å²) in [6, 6.07) is 2.68. The quantitative estimate of drug-likeness (QED) is 0.863. The molecule has 2 fully saturated rings. The molecule has 3 rings (SSSR count). The number of nitrogens with zero attached hydrogens (tertiary/aromatic N) is 1. The summed E-state index contributed by atoms with van der Waals surface area (Å²) in [7, 11) is 0. The van der Waals surface area contributed by atoms with Gasteiger partial charge < -0.3 is 15.2 Å². The number of hydrogen-bond donors (Lipinski definition) is 2. The first-order valence-corrected chi connectivity index (χ1v) is 9.84. The molecule has 0 aromatic carbocycles. The van der Waals surface area contributed by atoms with E-state index in [-0.39, 0.29) is 5.91 Å². The molecule has 134 valence electrons. The van der Waals surface area contributed by atoms with Crippen LogP contribution in [0.4, 0.5) is 0 Å². The van der Waals surface area contributed by atoms with Crippen molar-refractivity contribution in [1.82, 2.24) is 15.2 Å². The minimum Gasteiger partial charge on any atom is -0.352 e. The Kier molecular flexibility index (Phi) is 5.99. The van der Waals surface area contributed by atoms with E-state index >= 15 is 0 Å². The van der Waals surface area contributed by atoms with Gasteiger partial charge in [-0.1, -0.05) is 19.3 Å².